The Kier molecular flexibility index (Phi) is 3.92. The molecule has 1 aliphatic rings. The number of carbonyl (C=O) groups is 1. The van der Waals surface area contributed by atoms with E-state index >= 15 is 0 Å². The van der Waals surface area contributed by atoms with Crippen molar-refractivity contribution in [2.45, 2.75) is 26.3 Å². The molecule has 0 aliphatic carbocycles. The van der Waals surface area contributed by atoms with Gasteiger partial charge in [-0.05, 0) is 49.4 Å². The fourth-order valence-corrected chi connectivity index (χ4v) is 3.76. The van der Waals surface area contributed by atoms with Gasteiger partial charge in [-0.15, -0.1) is 11.3 Å². The van der Waals surface area contributed by atoms with Crippen LogP contribution in [0, 0.1) is 0 Å². The molecule has 1 atom stereocenters. The predicted molar refractivity (Wildman–Crippen MR) is 85.9 cm³/mol. The summed E-state index contributed by atoms with van der Waals surface area (Å²) in [5.41, 5.74) is 2.73. The van der Waals surface area contributed by atoms with Gasteiger partial charge < -0.3 is 10.2 Å². The third kappa shape index (κ3) is 2.65. The lowest BCUT2D eigenvalue weighted by Gasteiger charge is -2.33. The first kappa shape index (κ1) is 14.1. The Morgan fingerprint density at radius 2 is 2.38 bits per heavy atom. The van der Waals surface area contributed by atoms with Crippen molar-refractivity contribution in [1.29, 1.82) is 0 Å². The first-order valence-electron chi connectivity index (χ1n) is 7.28. The van der Waals surface area contributed by atoms with Crippen molar-refractivity contribution in [2.75, 3.05) is 18.4 Å². The Labute approximate surface area is 128 Å². The summed E-state index contributed by atoms with van der Waals surface area (Å²) >= 11 is 1.78. The molecule has 0 bridgehead atoms. The van der Waals surface area contributed by atoms with Crippen molar-refractivity contribution < 1.29 is 4.79 Å². The summed E-state index contributed by atoms with van der Waals surface area (Å²) in [6.45, 7) is 5.72. The predicted octanol–water partition coefficient (Wildman–Crippen LogP) is 3.33. The summed E-state index contributed by atoms with van der Waals surface area (Å²) in [5.74, 6) is 0.0131. The molecule has 0 saturated heterocycles. The zero-order chi connectivity index (χ0) is 14.8. The van der Waals surface area contributed by atoms with Gasteiger partial charge in [-0.1, -0.05) is 0 Å². The van der Waals surface area contributed by atoms with Crippen LogP contribution in [0.4, 0.5) is 5.69 Å². The van der Waals surface area contributed by atoms with E-state index in [0.717, 1.165) is 25.2 Å². The van der Waals surface area contributed by atoms with E-state index in [2.05, 4.69) is 28.7 Å². The smallest absolute Gasteiger partial charge is 0.273 e. The molecule has 0 aromatic carbocycles. The van der Waals surface area contributed by atoms with Crippen molar-refractivity contribution >= 4 is 22.9 Å². The topological polar surface area (TPSA) is 45.2 Å². The van der Waals surface area contributed by atoms with Gasteiger partial charge in [0.1, 0.15) is 5.69 Å². The number of carbonyl (C=O) groups excluding carboxylic acids is 1. The van der Waals surface area contributed by atoms with E-state index in [4.69, 9.17) is 0 Å². The Morgan fingerprint density at radius 1 is 1.52 bits per heavy atom. The fraction of sp³-hybridized carbons (Fsp3) is 0.375. The maximum Gasteiger partial charge on any atom is 0.273 e. The zero-order valence-corrected chi connectivity index (χ0v) is 13.1. The van der Waals surface area contributed by atoms with Gasteiger partial charge in [-0.25, -0.2) is 0 Å². The molecule has 21 heavy (non-hydrogen) atoms. The first-order chi connectivity index (χ1) is 10.2. The van der Waals surface area contributed by atoms with Gasteiger partial charge in [0.15, 0.2) is 0 Å². The van der Waals surface area contributed by atoms with Crippen LogP contribution in [0.5, 0.6) is 0 Å². The third-order valence-corrected chi connectivity index (χ3v) is 4.89. The maximum atomic E-state index is 12.7. The molecule has 1 unspecified atom stereocenters. The first-order valence-corrected chi connectivity index (χ1v) is 8.16. The zero-order valence-electron chi connectivity index (χ0n) is 12.3. The van der Waals surface area contributed by atoms with Crippen LogP contribution < -0.4 is 5.32 Å². The van der Waals surface area contributed by atoms with Crippen molar-refractivity contribution in [3.8, 4) is 0 Å². The molecule has 0 radical (unpaired) electrons. The second kappa shape index (κ2) is 5.85. The van der Waals surface area contributed by atoms with Crippen molar-refractivity contribution in [3.63, 3.8) is 0 Å². The third-order valence-electron chi connectivity index (χ3n) is 3.90. The van der Waals surface area contributed by atoms with E-state index < -0.39 is 0 Å². The molecule has 1 N–H and O–H groups in total. The fourth-order valence-electron chi connectivity index (χ4n) is 2.80. The number of amides is 1. The maximum absolute atomic E-state index is 12.7. The molecule has 1 aliphatic heterocycles. The number of thiophene rings is 1. The van der Waals surface area contributed by atoms with Crippen LogP contribution in [0.2, 0.25) is 0 Å². The minimum absolute atomic E-state index is 0.0131. The average molecular weight is 301 g/mol. The molecule has 5 heteroatoms. The molecule has 3 rings (SSSR count). The molecule has 3 heterocycles. The molecule has 2 aromatic heterocycles. The molecule has 1 amide bonds. The lowest BCUT2D eigenvalue weighted by molar-refractivity contribution is 0.0673. The Hall–Kier alpha value is -1.88. The summed E-state index contributed by atoms with van der Waals surface area (Å²) < 4.78 is 0. The molecular weight excluding hydrogens is 282 g/mol. The summed E-state index contributed by atoms with van der Waals surface area (Å²) in [7, 11) is 0. The van der Waals surface area contributed by atoms with Crippen LogP contribution in [0.15, 0.2) is 29.8 Å². The van der Waals surface area contributed by atoms with E-state index in [1.54, 1.807) is 17.5 Å². The lowest BCUT2D eigenvalue weighted by atomic mass is 10.0. The SMILES string of the molecule is CCNc1ccnc(C(=O)N2CCc3sccc3C2C)c1. The van der Waals surface area contributed by atoms with Crippen molar-refractivity contribution in [1.82, 2.24) is 9.88 Å². The van der Waals surface area contributed by atoms with Crippen molar-refractivity contribution in [3.05, 3.63) is 45.9 Å². The normalized spacial score (nSPS) is 17.4. The largest absolute Gasteiger partial charge is 0.385 e. The number of pyridine rings is 1. The number of rotatable bonds is 3. The van der Waals surface area contributed by atoms with Gasteiger partial charge in [-0.2, -0.15) is 0 Å². The number of hydrogen-bond donors (Lipinski definition) is 1. The number of hydrogen-bond acceptors (Lipinski definition) is 4. The van der Waals surface area contributed by atoms with Crippen LogP contribution in [0.25, 0.3) is 0 Å². The Balaban J connectivity index is 1.84. The minimum Gasteiger partial charge on any atom is -0.385 e. The van der Waals surface area contributed by atoms with E-state index in [-0.39, 0.29) is 11.9 Å². The van der Waals surface area contributed by atoms with Gasteiger partial charge in [0.25, 0.3) is 5.91 Å². The average Bonchev–Trinajstić information content (AvgIpc) is 2.97. The van der Waals surface area contributed by atoms with Gasteiger partial charge in [-0.3, -0.25) is 9.78 Å². The van der Waals surface area contributed by atoms with E-state index in [1.165, 1.54) is 10.4 Å². The number of nitrogens with zero attached hydrogens (tertiary/aromatic N) is 2. The van der Waals surface area contributed by atoms with Gasteiger partial charge >= 0.3 is 0 Å². The minimum atomic E-state index is 0.0131. The Morgan fingerprint density at radius 3 is 3.19 bits per heavy atom. The highest BCUT2D eigenvalue weighted by Gasteiger charge is 2.29. The van der Waals surface area contributed by atoms with Crippen molar-refractivity contribution in [2.24, 2.45) is 0 Å². The lowest BCUT2D eigenvalue weighted by Crippen LogP contribution is -2.38. The summed E-state index contributed by atoms with van der Waals surface area (Å²) in [5, 5.41) is 5.33. The highest BCUT2D eigenvalue weighted by Crippen LogP contribution is 2.33. The molecule has 0 fully saturated rings. The second-order valence-electron chi connectivity index (χ2n) is 5.18. The molecule has 4 nitrogen and oxygen atoms in total. The van der Waals surface area contributed by atoms with Crippen LogP contribution >= 0.6 is 11.3 Å². The number of fused-ring (bicyclic) bond motifs is 1. The summed E-state index contributed by atoms with van der Waals surface area (Å²) in [4.78, 5) is 20.3. The number of aromatic nitrogens is 1. The highest BCUT2D eigenvalue weighted by molar-refractivity contribution is 7.10. The molecule has 0 saturated carbocycles. The van der Waals surface area contributed by atoms with Crippen LogP contribution in [0.3, 0.4) is 0 Å². The number of nitrogens with one attached hydrogen (secondary N) is 1. The van der Waals surface area contributed by atoms with Crippen LogP contribution in [-0.2, 0) is 6.42 Å². The van der Waals surface area contributed by atoms with Crippen LogP contribution in [-0.4, -0.2) is 28.9 Å². The molecule has 0 spiro atoms. The molecule has 110 valence electrons. The van der Waals surface area contributed by atoms with E-state index in [1.807, 2.05) is 24.0 Å². The van der Waals surface area contributed by atoms with Gasteiger partial charge in [0.2, 0.25) is 0 Å². The van der Waals surface area contributed by atoms with E-state index in [9.17, 15) is 4.79 Å². The number of anilines is 1. The standard InChI is InChI=1S/C16H19N3OS/c1-3-17-12-4-7-18-14(10-12)16(20)19-8-5-15-13(11(19)2)6-9-21-15/h4,6-7,9-11H,3,5,8H2,1-2H3,(H,17,18). The summed E-state index contributed by atoms with van der Waals surface area (Å²) in [6, 6.07) is 5.97. The molecule has 2 aromatic rings. The second-order valence-corrected chi connectivity index (χ2v) is 6.18. The van der Waals surface area contributed by atoms with Crippen LogP contribution in [0.1, 0.15) is 40.8 Å². The quantitative estimate of drug-likeness (QED) is 0.945. The van der Waals surface area contributed by atoms with Gasteiger partial charge in [0.05, 0.1) is 6.04 Å². The van der Waals surface area contributed by atoms with E-state index in [0.29, 0.717) is 5.69 Å². The Bertz CT molecular complexity index is 652. The highest BCUT2D eigenvalue weighted by atomic mass is 32.1. The summed E-state index contributed by atoms with van der Waals surface area (Å²) in [6.07, 6.45) is 2.63. The monoisotopic (exact) mass is 301 g/mol. The van der Waals surface area contributed by atoms with Gasteiger partial charge in [0, 0.05) is 29.9 Å². The molecular formula is C16H19N3OS.